The minimum absolute atomic E-state index is 0.205. The minimum atomic E-state index is -0.839. The molecular formula is C24H27FN4O4S. The summed E-state index contributed by atoms with van der Waals surface area (Å²) in [6, 6.07) is 8.59. The van der Waals surface area contributed by atoms with Gasteiger partial charge in [0.25, 0.3) is 5.91 Å². The number of thioether (sulfide) groups is 1. The zero-order valence-electron chi connectivity index (χ0n) is 19.5. The van der Waals surface area contributed by atoms with E-state index < -0.39 is 23.7 Å². The minimum Gasteiger partial charge on any atom is -0.467 e. The molecular weight excluding hydrogens is 459 g/mol. The van der Waals surface area contributed by atoms with Gasteiger partial charge in [-0.3, -0.25) is 9.59 Å². The van der Waals surface area contributed by atoms with Crippen LogP contribution in [0, 0.1) is 5.82 Å². The molecule has 0 aliphatic rings. The lowest BCUT2D eigenvalue weighted by Gasteiger charge is -2.17. The van der Waals surface area contributed by atoms with E-state index in [0.29, 0.717) is 46.8 Å². The summed E-state index contributed by atoms with van der Waals surface area (Å²) in [4.78, 5) is 42.0. The number of amides is 2. The average molecular weight is 487 g/mol. The number of carbonyl (C=O) groups is 3. The summed E-state index contributed by atoms with van der Waals surface area (Å²) >= 11 is 1.54. The lowest BCUT2D eigenvalue weighted by atomic mass is 10.1. The quantitative estimate of drug-likeness (QED) is 0.446. The van der Waals surface area contributed by atoms with Crippen LogP contribution in [0.4, 0.5) is 10.1 Å². The van der Waals surface area contributed by atoms with Crippen molar-refractivity contribution in [1.29, 1.82) is 0 Å². The van der Waals surface area contributed by atoms with E-state index >= 15 is 0 Å². The van der Waals surface area contributed by atoms with Gasteiger partial charge in [0.15, 0.2) is 0 Å². The smallest absolute Gasteiger partial charge is 0.328 e. The molecule has 0 radical (unpaired) electrons. The van der Waals surface area contributed by atoms with Gasteiger partial charge in [-0.2, -0.15) is 11.8 Å². The second kappa shape index (κ2) is 11.1. The number of esters is 1. The Morgan fingerprint density at radius 2 is 1.97 bits per heavy atom. The van der Waals surface area contributed by atoms with E-state index in [4.69, 9.17) is 4.74 Å². The first-order valence-electron chi connectivity index (χ1n) is 10.7. The van der Waals surface area contributed by atoms with Gasteiger partial charge in [0.1, 0.15) is 17.7 Å². The maximum atomic E-state index is 14.6. The van der Waals surface area contributed by atoms with Gasteiger partial charge in [-0.15, -0.1) is 0 Å². The van der Waals surface area contributed by atoms with Crippen LogP contribution in [0.1, 0.15) is 30.6 Å². The fourth-order valence-electron chi connectivity index (χ4n) is 3.74. The number of ether oxygens (including phenoxy) is 1. The topological polar surface area (TPSA) is 102 Å². The molecule has 1 atom stereocenters. The zero-order chi connectivity index (χ0) is 24.8. The van der Waals surface area contributed by atoms with Crippen molar-refractivity contribution in [2.24, 2.45) is 0 Å². The van der Waals surface area contributed by atoms with Gasteiger partial charge in [-0.1, -0.05) is 12.1 Å². The van der Waals surface area contributed by atoms with Crippen LogP contribution in [0.25, 0.3) is 22.4 Å². The van der Waals surface area contributed by atoms with Gasteiger partial charge in [0, 0.05) is 19.2 Å². The third-order valence-electron chi connectivity index (χ3n) is 5.24. The Bertz CT molecular complexity index is 1230. The molecule has 2 amide bonds. The van der Waals surface area contributed by atoms with E-state index in [9.17, 15) is 18.8 Å². The predicted molar refractivity (Wildman–Crippen MR) is 131 cm³/mol. The van der Waals surface area contributed by atoms with E-state index in [1.807, 2.05) is 13.2 Å². The third kappa shape index (κ3) is 5.39. The Labute approximate surface area is 201 Å². The van der Waals surface area contributed by atoms with Crippen LogP contribution in [0.3, 0.4) is 0 Å². The van der Waals surface area contributed by atoms with Crippen LogP contribution in [-0.2, 0) is 20.9 Å². The summed E-state index contributed by atoms with van der Waals surface area (Å²) in [6.07, 6.45) is 2.29. The number of rotatable bonds is 9. The van der Waals surface area contributed by atoms with Crippen molar-refractivity contribution in [3.8, 4) is 11.4 Å². The number of halogens is 1. The van der Waals surface area contributed by atoms with Crippen molar-refractivity contribution in [1.82, 2.24) is 14.9 Å². The average Bonchev–Trinajstić information content (AvgIpc) is 3.18. The highest BCUT2D eigenvalue weighted by atomic mass is 32.2. The second-order valence-corrected chi connectivity index (χ2v) is 8.55. The van der Waals surface area contributed by atoms with E-state index in [-0.39, 0.29) is 11.5 Å². The van der Waals surface area contributed by atoms with Crippen LogP contribution in [0.2, 0.25) is 0 Å². The maximum Gasteiger partial charge on any atom is 0.328 e. The van der Waals surface area contributed by atoms with Gasteiger partial charge in [0.05, 0.1) is 29.3 Å². The summed E-state index contributed by atoms with van der Waals surface area (Å²) < 4.78 is 21.2. The molecule has 0 bridgehead atoms. The maximum absolute atomic E-state index is 14.6. The summed E-state index contributed by atoms with van der Waals surface area (Å²) in [5.41, 5.74) is 1.75. The monoisotopic (exact) mass is 486 g/mol. The highest BCUT2D eigenvalue weighted by Gasteiger charge is 2.26. The number of nitrogens with one attached hydrogen (secondary N) is 2. The molecule has 2 aromatic carbocycles. The number of methoxy groups -OCH3 is 1. The first-order valence-corrected chi connectivity index (χ1v) is 12.1. The number of carbonyl (C=O) groups excluding carboxylic acids is 3. The first-order chi connectivity index (χ1) is 16.3. The van der Waals surface area contributed by atoms with Gasteiger partial charge in [-0.05, 0) is 49.6 Å². The van der Waals surface area contributed by atoms with E-state index in [1.54, 1.807) is 40.6 Å². The Kier molecular flexibility index (Phi) is 8.27. The Morgan fingerprint density at radius 1 is 1.24 bits per heavy atom. The highest BCUT2D eigenvalue weighted by Crippen LogP contribution is 2.31. The molecule has 180 valence electrons. The van der Waals surface area contributed by atoms with Gasteiger partial charge < -0.3 is 19.9 Å². The number of fused-ring (bicyclic) bond motifs is 1. The molecule has 0 spiro atoms. The van der Waals surface area contributed by atoms with Crippen LogP contribution in [0.5, 0.6) is 0 Å². The third-order valence-corrected chi connectivity index (χ3v) is 5.88. The molecule has 0 saturated heterocycles. The summed E-state index contributed by atoms with van der Waals surface area (Å²) in [5.74, 6) is -0.829. The van der Waals surface area contributed by atoms with E-state index in [1.165, 1.54) is 26.2 Å². The lowest BCUT2D eigenvalue weighted by molar-refractivity contribution is -0.142. The van der Waals surface area contributed by atoms with Crippen molar-refractivity contribution in [3.05, 3.63) is 47.8 Å². The number of hydrogen-bond acceptors (Lipinski definition) is 6. The van der Waals surface area contributed by atoms with Crippen molar-refractivity contribution in [3.63, 3.8) is 0 Å². The van der Waals surface area contributed by atoms with Crippen LogP contribution < -0.4 is 10.6 Å². The number of aryl methyl sites for hydroxylation is 1. The summed E-state index contributed by atoms with van der Waals surface area (Å²) in [6.45, 7) is 3.63. The number of nitrogens with zero attached hydrogens (tertiary/aromatic N) is 2. The SMILES string of the molecule is CCn1c(-c2ccccc2F)nc2cc(NC(C)=O)cc(C(=O)N[C@H](CCSC)C(=O)OC)c21. The number of imidazole rings is 1. The standard InChI is InChI=1S/C24H27FN4O4S/c1-5-29-21-17(23(31)28-19(10-11-34-4)24(32)33-3)12-15(26-14(2)30)13-20(21)27-22(29)16-8-6-7-9-18(16)25/h6-9,12-13,19H,5,10-11H2,1-4H3,(H,26,30)(H,28,31)/t19-/m1/s1. The van der Waals surface area contributed by atoms with Gasteiger partial charge in [0.2, 0.25) is 5.91 Å². The molecule has 0 aliphatic carbocycles. The van der Waals surface area contributed by atoms with Crippen LogP contribution >= 0.6 is 11.8 Å². The van der Waals surface area contributed by atoms with E-state index in [0.717, 1.165) is 0 Å². The van der Waals surface area contributed by atoms with E-state index in [2.05, 4.69) is 15.6 Å². The molecule has 0 fully saturated rings. The molecule has 0 aliphatic heterocycles. The number of benzene rings is 2. The Morgan fingerprint density at radius 3 is 2.59 bits per heavy atom. The van der Waals surface area contributed by atoms with Crippen LogP contribution in [-0.4, -0.2) is 52.5 Å². The fourth-order valence-corrected chi connectivity index (χ4v) is 4.21. The first kappa shape index (κ1) is 25.2. The molecule has 8 nitrogen and oxygen atoms in total. The van der Waals surface area contributed by atoms with Crippen molar-refractivity contribution < 1.29 is 23.5 Å². The van der Waals surface area contributed by atoms with Gasteiger partial charge in [-0.25, -0.2) is 14.2 Å². The fraction of sp³-hybridized carbons (Fsp3) is 0.333. The number of aromatic nitrogens is 2. The number of hydrogen-bond donors (Lipinski definition) is 2. The molecule has 2 N–H and O–H groups in total. The molecule has 34 heavy (non-hydrogen) atoms. The molecule has 1 aromatic heterocycles. The summed E-state index contributed by atoms with van der Waals surface area (Å²) in [5, 5.41) is 5.42. The van der Waals surface area contributed by atoms with Crippen molar-refractivity contribution in [2.45, 2.75) is 32.9 Å². The summed E-state index contributed by atoms with van der Waals surface area (Å²) in [7, 11) is 1.27. The lowest BCUT2D eigenvalue weighted by Crippen LogP contribution is -2.42. The molecule has 0 saturated carbocycles. The highest BCUT2D eigenvalue weighted by molar-refractivity contribution is 7.98. The van der Waals surface area contributed by atoms with Crippen LogP contribution in [0.15, 0.2) is 36.4 Å². The van der Waals surface area contributed by atoms with Gasteiger partial charge >= 0.3 is 5.97 Å². The van der Waals surface area contributed by atoms with Crippen molar-refractivity contribution in [2.75, 3.05) is 24.4 Å². The molecule has 3 aromatic rings. The normalized spacial score (nSPS) is 11.8. The largest absolute Gasteiger partial charge is 0.467 e. The predicted octanol–water partition coefficient (Wildman–Crippen LogP) is 3.85. The van der Waals surface area contributed by atoms with Crippen molar-refractivity contribution >= 4 is 46.3 Å². The Hall–Kier alpha value is -3.40. The molecule has 3 rings (SSSR count). The molecule has 1 heterocycles. The Balaban J connectivity index is 2.18. The zero-order valence-corrected chi connectivity index (χ0v) is 20.3. The second-order valence-electron chi connectivity index (χ2n) is 7.56. The molecule has 10 heteroatoms. The number of anilines is 1. The molecule has 0 unspecified atom stereocenters.